The second kappa shape index (κ2) is 5.93. The van der Waals surface area contributed by atoms with Crippen LogP contribution in [0.3, 0.4) is 0 Å². The van der Waals surface area contributed by atoms with Gasteiger partial charge in [0.1, 0.15) is 0 Å². The summed E-state index contributed by atoms with van der Waals surface area (Å²) >= 11 is 0. The van der Waals surface area contributed by atoms with E-state index >= 15 is 0 Å². The van der Waals surface area contributed by atoms with Crippen LogP contribution in [-0.4, -0.2) is 54.5 Å². The highest BCUT2D eigenvalue weighted by molar-refractivity contribution is 5.96. The summed E-state index contributed by atoms with van der Waals surface area (Å²) in [5.74, 6) is 0.136. The SMILES string of the molecule is Cc1c(C)n(C(=O)C[NH+]2CCN(C=O)CC2)c2ccccc12. The number of piperazine rings is 1. The summed E-state index contributed by atoms with van der Waals surface area (Å²) < 4.78 is 1.85. The minimum absolute atomic E-state index is 0.136. The van der Waals surface area contributed by atoms with Gasteiger partial charge in [0.05, 0.1) is 31.7 Å². The molecule has 1 aliphatic heterocycles. The number of nitrogens with zero attached hydrogens (tertiary/aromatic N) is 2. The number of nitrogens with one attached hydrogen (secondary N) is 1. The fourth-order valence-corrected chi connectivity index (χ4v) is 3.27. The summed E-state index contributed by atoms with van der Waals surface area (Å²) in [5.41, 5.74) is 3.19. The lowest BCUT2D eigenvalue weighted by molar-refractivity contribution is -0.895. The highest BCUT2D eigenvalue weighted by Crippen LogP contribution is 2.24. The zero-order valence-electron chi connectivity index (χ0n) is 13.1. The Hall–Kier alpha value is -2.14. The number of hydrogen-bond acceptors (Lipinski definition) is 2. The molecule has 1 amide bonds. The molecule has 1 saturated heterocycles. The molecule has 1 N–H and O–H groups in total. The molecular formula is C17H22N3O2+. The minimum atomic E-state index is 0.136. The molecule has 0 saturated carbocycles. The van der Waals surface area contributed by atoms with E-state index < -0.39 is 0 Å². The molecule has 0 unspecified atom stereocenters. The maximum Gasteiger partial charge on any atom is 0.286 e. The quantitative estimate of drug-likeness (QED) is 0.826. The van der Waals surface area contributed by atoms with Crippen LogP contribution in [0.15, 0.2) is 24.3 Å². The van der Waals surface area contributed by atoms with Crippen LogP contribution in [-0.2, 0) is 4.79 Å². The van der Waals surface area contributed by atoms with E-state index in [4.69, 9.17) is 0 Å². The molecule has 0 spiro atoms. The molecule has 5 nitrogen and oxygen atoms in total. The van der Waals surface area contributed by atoms with Gasteiger partial charge in [-0.1, -0.05) is 18.2 Å². The first kappa shape index (κ1) is 14.8. The molecule has 5 heteroatoms. The number of hydrogen-bond donors (Lipinski definition) is 1. The van der Waals surface area contributed by atoms with Crippen LogP contribution in [0.2, 0.25) is 0 Å². The fourth-order valence-electron chi connectivity index (χ4n) is 3.27. The van der Waals surface area contributed by atoms with Gasteiger partial charge in [-0.15, -0.1) is 0 Å². The van der Waals surface area contributed by atoms with Crippen LogP contribution in [0.4, 0.5) is 0 Å². The third-order valence-corrected chi connectivity index (χ3v) is 4.73. The summed E-state index contributed by atoms with van der Waals surface area (Å²) in [7, 11) is 0. The molecule has 3 rings (SSSR count). The van der Waals surface area contributed by atoms with Crippen LogP contribution < -0.4 is 4.90 Å². The van der Waals surface area contributed by atoms with E-state index in [1.54, 1.807) is 4.90 Å². The molecule has 2 heterocycles. The number of carbonyl (C=O) groups excluding carboxylic acids is 2. The van der Waals surface area contributed by atoms with Gasteiger partial charge >= 0.3 is 0 Å². The second-order valence-corrected chi connectivity index (χ2v) is 6.02. The van der Waals surface area contributed by atoms with Gasteiger partial charge in [-0.05, 0) is 25.5 Å². The fraction of sp³-hybridized carbons (Fsp3) is 0.412. The van der Waals surface area contributed by atoms with Crippen molar-refractivity contribution in [3.05, 3.63) is 35.5 Å². The van der Waals surface area contributed by atoms with Crippen molar-refractivity contribution in [3.63, 3.8) is 0 Å². The molecule has 0 atom stereocenters. The standard InChI is InChI=1S/C17H21N3O2/c1-13-14(2)20(16-6-4-3-5-15(13)16)17(22)11-18-7-9-19(12-21)10-8-18/h3-6,12H,7-11H2,1-2H3/p+1. The van der Waals surface area contributed by atoms with Crippen molar-refractivity contribution < 1.29 is 14.5 Å². The van der Waals surface area contributed by atoms with E-state index in [1.165, 1.54) is 10.5 Å². The van der Waals surface area contributed by atoms with Crippen molar-refractivity contribution in [2.45, 2.75) is 13.8 Å². The zero-order chi connectivity index (χ0) is 15.7. The van der Waals surface area contributed by atoms with Gasteiger partial charge in [-0.3, -0.25) is 14.2 Å². The predicted octanol–water partition coefficient (Wildman–Crippen LogP) is 0.255. The number of amides is 1. The van der Waals surface area contributed by atoms with Crippen LogP contribution in [0.25, 0.3) is 10.9 Å². The van der Waals surface area contributed by atoms with E-state index in [-0.39, 0.29) is 5.91 Å². The maximum absolute atomic E-state index is 12.8. The Balaban J connectivity index is 1.81. The number of quaternary nitrogens is 1. The first-order valence-electron chi connectivity index (χ1n) is 7.74. The topological polar surface area (TPSA) is 46.8 Å². The number of para-hydroxylation sites is 1. The molecule has 22 heavy (non-hydrogen) atoms. The highest BCUT2D eigenvalue weighted by atomic mass is 16.2. The van der Waals surface area contributed by atoms with Crippen molar-refractivity contribution in [2.24, 2.45) is 0 Å². The monoisotopic (exact) mass is 300 g/mol. The normalized spacial score (nSPS) is 16.2. The Labute approximate surface area is 130 Å². The summed E-state index contributed by atoms with van der Waals surface area (Å²) in [6.07, 6.45) is 0.894. The van der Waals surface area contributed by atoms with E-state index in [0.717, 1.165) is 49.2 Å². The summed E-state index contributed by atoms with van der Waals surface area (Å²) in [5, 5.41) is 1.15. The van der Waals surface area contributed by atoms with Gasteiger partial charge < -0.3 is 9.80 Å². The van der Waals surface area contributed by atoms with Crippen molar-refractivity contribution >= 4 is 23.2 Å². The van der Waals surface area contributed by atoms with Crippen LogP contribution in [0.5, 0.6) is 0 Å². The zero-order valence-corrected chi connectivity index (χ0v) is 13.1. The molecule has 1 aromatic carbocycles. The third-order valence-electron chi connectivity index (χ3n) is 4.73. The lowest BCUT2D eigenvalue weighted by Crippen LogP contribution is -3.15. The Morgan fingerprint density at radius 1 is 1.23 bits per heavy atom. The van der Waals surface area contributed by atoms with E-state index in [9.17, 15) is 9.59 Å². The molecule has 0 radical (unpaired) electrons. The van der Waals surface area contributed by atoms with Gasteiger partial charge in [0, 0.05) is 11.1 Å². The molecular weight excluding hydrogens is 278 g/mol. The predicted molar refractivity (Wildman–Crippen MR) is 85.2 cm³/mol. The van der Waals surface area contributed by atoms with E-state index in [2.05, 4.69) is 13.0 Å². The number of benzene rings is 1. The molecule has 116 valence electrons. The van der Waals surface area contributed by atoms with Gasteiger partial charge in [0.2, 0.25) is 6.41 Å². The molecule has 1 fully saturated rings. The average Bonchev–Trinajstić information content (AvgIpc) is 2.80. The van der Waals surface area contributed by atoms with E-state index in [1.807, 2.05) is 29.7 Å². The van der Waals surface area contributed by atoms with Gasteiger partial charge in [0.15, 0.2) is 6.54 Å². The number of rotatable bonds is 3. The number of carbonyl (C=O) groups is 2. The van der Waals surface area contributed by atoms with Gasteiger partial charge in [-0.25, -0.2) is 0 Å². The van der Waals surface area contributed by atoms with Crippen LogP contribution in [0, 0.1) is 13.8 Å². The molecule has 0 bridgehead atoms. The smallest absolute Gasteiger partial charge is 0.286 e. The second-order valence-electron chi connectivity index (χ2n) is 6.02. The lowest BCUT2D eigenvalue weighted by atomic mass is 10.2. The van der Waals surface area contributed by atoms with E-state index in [0.29, 0.717) is 6.54 Å². The first-order chi connectivity index (χ1) is 10.6. The Bertz CT molecular complexity index is 712. The molecule has 1 aliphatic rings. The van der Waals surface area contributed by atoms with Crippen molar-refractivity contribution in [3.8, 4) is 0 Å². The maximum atomic E-state index is 12.8. The van der Waals surface area contributed by atoms with Crippen molar-refractivity contribution in [1.82, 2.24) is 9.47 Å². The molecule has 1 aromatic heterocycles. The van der Waals surface area contributed by atoms with Crippen molar-refractivity contribution in [2.75, 3.05) is 32.7 Å². The van der Waals surface area contributed by atoms with Gasteiger partial charge in [-0.2, -0.15) is 0 Å². The Morgan fingerprint density at radius 2 is 1.91 bits per heavy atom. The van der Waals surface area contributed by atoms with Crippen LogP contribution in [0.1, 0.15) is 16.1 Å². The third kappa shape index (κ3) is 2.52. The number of fused-ring (bicyclic) bond motifs is 1. The minimum Gasteiger partial charge on any atom is -0.334 e. The average molecular weight is 300 g/mol. The number of aryl methyl sites for hydroxylation is 1. The highest BCUT2D eigenvalue weighted by Gasteiger charge is 2.24. The van der Waals surface area contributed by atoms with Crippen LogP contribution >= 0.6 is 0 Å². The Kier molecular flexibility index (Phi) is 3.98. The molecule has 2 aromatic rings. The van der Waals surface area contributed by atoms with Gasteiger partial charge in [0.25, 0.3) is 5.91 Å². The summed E-state index contributed by atoms with van der Waals surface area (Å²) in [6.45, 7) is 7.69. The summed E-state index contributed by atoms with van der Waals surface area (Å²) in [6, 6.07) is 8.05. The lowest BCUT2D eigenvalue weighted by Gasteiger charge is -2.29. The first-order valence-corrected chi connectivity index (χ1v) is 7.74. The molecule has 0 aliphatic carbocycles. The van der Waals surface area contributed by atoms with Crippen molar-refractivity contribution in [1.29, 1.82) is 0 Å². The number of aromatic nitrogens is 1. The Morgan fingerprint density at radius 3 is 2.59 bits per heavy atom. The summed E-state index contributed by atoms with van der Waals surface area (Å²) in [4.78, 5) is 26.5. The largest absolute Gasteiger partial charge is 0.334 e.